The van der Waals surface area contributed by atoms with Gasteiger partial charge in [0.15, 0.2) is 9.84 Å². The van der Waals surface area contributed by atoms with Crippen LogP contribution in [-0.4, -0.2) is 39.7 Å². The van der Waals surface area contributed by atoms with Gasteiger partial charge in [-0.05, 0) is 24.6 Å². The Labute approximate surface area is 131 Å². The maximum absolute atomic E-state index is 12.4. The zero-order chi connectivity index (χ0) is 16.4. The highest BCUT2D eigenvalue weighted by Crippen LogP contribution is 2.63. The van der Waals surface area contributed by atoms with Crippen molar-refractivity contribution in [3.63, 3.8) is 0 Å². The summed E-state index contributed by atoms with van der Waals surface area (Å²) in [5.74, 6) is 0.381. The van der Waals surface area contributed by atoms with Gasteiger partial charge in [-0.15, -0.1) is 0 Å². The van der Waals surface area contributed by atoms with E-state index >= 15 is 0 Å². The molecule has 1 aliphatic rings. The lowest BCUT2D eigenvalue weighted by atomic mass is 10.0. The molecule has 1 saturated carbocycles. The van der Waals surface area contributed by atoms with E-state index in [0.29, 0.717) is 12.4 Å². The highest BCUT2D eigenvalue weighted by Gasteiger charge is 2.71. The first-order chi connectivity index (χ1) is 10.5. The average Bonchev–Trinajstić information content (AvgIpc) is 3.23. The Morgan fingerprint density at radius 2 is 1.91 bits per heavy atom. The predicted octanol–water partition coefficient (Wildman–Crippen LogP) is 2.14. The van der Waals surface area contributed by atoms with Gasteiger partial charge in [0, 0.05) is 18.3 Å². The molecule has 6 heteroatoms. The first-order valence-corrected chi connectivity index (χ1v) is 9.02. The smallest absolute Gasteiger partial charge is 0.155 e. The zero-order valence-corrected chi connectivity index (χ0v) is 13.9. The van der Waals surface area contributed by atoms with Crippen LogP contribution in [0.25, 0.3) is 0 Å². The molecule has 0 unspecified atom stereocenters. The Balaban J connectivity index is 2.40. The van der Waals surface area contributed by atoms with Crippen LogP contribution >= 0.6 is 0 Å². The van der Waals surface area contributed by atoms with Crippen molar-refractivity contribution in [1.29, 1.82) is 5.26 Å². The van der Waals surface area contributed by atoms with Crippen LogP contribution in [0.4, 0.5) is 0 Å². The molecule has 0 bridgehead atoms. The summed E-state index contributed by atoms with van der Waals surface area (Å²) < 4.78 is 35.3. The van der Waals surface area contributed by atoms with Crippen molar-refractivity contribution in [2.45, 2.75) is 25.0 Å². The van der Waals surface area contributed by atoms with Gasteiger partial charge in [-0.25, -0.2) is 8.42 Å². The van der Waals surface area contributed by atoms with Crippen molar-refractivity contribution in [3.8, 4) is 11.8 Å². The van der Waals surface area contributed by atoms with E-state index in [1.54, 1.807) is 26.2 Å². The molecule has 5 nitrogen and oxygen atoms in total. The van der Waals surface area contributed by atoms with E-state index in [-0.39, 0.29) is 18.3 Å². The number of hydrogen-bond donors (Lipinski definition) is 0. The average molecular weight is 323 g/mol. The molecule has 3 atom stereocenters. The van der Waals surface area contributed by atoms with Gasteiger partial charge in [0.2, 0.25) is 0 Å². The molecule has 0 radical (unpaired) electrons. The molecule has 0 amide bonds. The van der Waals surface area contributed by atoms with Crippen LogP contribution in [-0.2, 0) is 14.6 Å². The van der Waals surface area contributed by atoms with Crippen molar-refractivity contribution in [2.75, 3.05) is 26.1 Å². The Hall–Kier alpha value is -1.58. The van der Waals surface area contributed by atoms with E-state index in [1.807, 2.05) is 19.1 Å². The van der Waals surface area contributed by atoms with E-state index in [1.165, 1.54) is 0 Å². The van der Waals surface area contributed by atoms with E-state index in [2.05, 4.69) is 6.07 Å². The molecule has 2 rings (SSSR count). The van der Waals surface area contributed by atoms with Gasteiger partial charge in [-0.2, -0.15) is 5.26 Å². The van der Waals surface area contributed by atoms with Crippen molar-refractivity contribution in [3.05, 3.63) is 29.8 Å². The second kappa shape index (κ2) is 6.27. The van der Waals surface area contributed by atoms with Gasteiger partial charge in [0.25, 0.3) is 0 Å². The first-order valence-electron chi connectivity index (χ1n) is 7.31. The van der Waals surface area contributed by atoms with E-state index < -0.39 is 20.5 Å². The van der Waals surface area contributed by atoms with Gasteiger partial charge in [0.05, 0.1) is 25.0 Å². The minimum Gasteiger partial charge on any atom is -0.497 e. The fourth-order valence-electron chi connectivity index (χ4n) is 3.00. The molecular weight excluding hydrogens is 302 g/mol. The highest BCUT2D eigenvalue weighted by atomic mass is 32.2. The molecule has 0 spiro atoms. The van der Waals surface area contributed by atoms with Crippen molar-refractivity contribution in [1.82, 2.24) is 0 Å². The Kier molecular flexibility index (Phi) is 4.78. The maximum atomic E-state index is 12.4. The molecule has 1 fully saturated rings. The standard InChI is InChI=1S/C16H21NO4S/c1-4-21-11-16(10-17)14(15(16)22(18,19)5-2)12-6-8-13(20-3)9-7-12/h6-9,14-15H,4-5,11H2,1-3H3/t14-,15-,16-/m0/s1. The highest BCUT2D eigenvalue weighted by molar-refractivity contribution is 7.92. The van der Waals surface area contributed by atoms with Crippen LogP contribution < -0.4 is 4.74 Å². The van der Waals surface area contributed by atoms with Gasteiger partial charge in [0.1, 0.15) is 11.2 Å². The number of ether oxygens (including phenoxy) is 2. The molecule has 120 valence electrons. The third-order valence-electron chi connectivity index (χ3n) is 4.27. The summed E-state index contributed by atoms with van der Waals surface area (Å²) in [4.78, 5) is 0. The number of hydrogen-bond acceptors (Lipinski definition) is 5. The van der Waals surface area contributed by atoms with Gasteiger partial charge in [-0.3, -0.25) is 0 Å². The lowest BCUT2D eigenvalue weighted by Gasteiger charge is -2.09. The number of benzene rings is 1. The lowest BCUT2D eigenvalue weighted by molar-refractivity contribution is 0.117. The SMILES string of the molecule is CCOC[C@@]1(C#N)[C@@H](c2ccc(OC)cc2)[C@@H]1S(=O)(=O)CC. The van der Waals surface area contributed by atoms with E-state index in [9.17, 15) is 13.7 Å². The number of methoxy groups -OCH3 is 1. The predicted molar refractivity (Wildman–Crippen MR) is 83.5 cm³/mol. The third-order valence-corrected chi connectivity index (χ3v) is 6.54. The summed E-state index contributed by atoms with van der Waals surface area (Å²) in [7, 11) is -1.75. The summed E-state index contributed by atoms with van der Waals surface area (Å²) in [5, 5.41) is 8.93. The summed E-state index contributed by atoms with van der Waals surface area (Å²) >= 11 is 0. The molecule has 0 aromatic heterocycles. The van der Waals surface area contributed by atoms with Crippen molar-refractivity contribution < 1.29 is 17.9 Å². The quantitative estimate of drug-likeness (QED) is 0.768. The molecule has 0 heterocycles. The zero-order valence-electron chi connectivity index (χ0n) is 13.1. The summed E-state index contributed by atoms with van der Waals surface area (Å²) in [6, 6.07) is 9.44. The topological polar surface area (TPSA) is 76.4 Å². The fourth-order valence-corrected chi connectivity index (χ4v) is 5.01. The fraction of sp³-hybridized carbons (Fsp3) is 0.562. The minimum atomic E-state index is -3.32. The summed E-state index contributed by atoms with van der Waals surface area (Å²) in [6.07, 6.45) is 0. The van der Waals surface area contributed by atoms with Crippen LogP contribution in [0.15, 0.2) is 24.3 Å². The Bertz CT molecular complexity index is 662. The third kappa shape index (κ3) is 2.71. The van der Waals surface area contributed by atoms with Crippen molar-refractivity contribution >= 4 is 9.84 Å². The molecular formula is C16H21NO4S. The number of rotatable bonds is 7. The molecule has 0 saturated heterocycles. The number of nitrogens with zero attached hydrogens (tertiary/aromatic N) is 1. The van der Waals surface area contributed by atoms with Crippen molar-refractivity contribution in [2.24, 2.45) is 5.41 Å². The van der Waals surface area contributed by atoms with Gasteiger partial charge >= 0.3 is 0 Å². The second-order valence-corrected chi connectivity index (χ2v) is 7.82. The lowest BCUT2D eigenvalue weighted by Crippen LogP contribution is -2.20. The number of sulfone groups is 1. The monoisotopic (exact) mass is 323 g/mol. The molecule has 1 aliphatic carbocycles. The largest absolute Gasteiger partial charge is 0.497 e. The Morgan fingerprint density at radius 1 is 1.27 bits per heavy atom. The first kappa shape index (κ1) is 16.8. The van der Waals surface area contributed by atoms with Crippen LogP contribution in [0, 0.1) is 16.7 Å². The van der Waals surface area contributed by atoms with Gasteiger partial charge in [-0.1, -0.05) is 19.1 Å². The molecule has 0 N–H and O–H groups in total. The van der Waals surface area contributed by atoms with Gasteiger partial charge < -0.3 is 9.47 Å². The normalized spacial score (nSPS) is 27.2. The van der Waals surface area contributed by atoms with Crippen LogP contribution in [0.3, 0.4) is 0 Å². The molecule has 0 aliphatic heterocycles. The van der Waals surface area contributed by atoms with Crippen LogP contribution in [0.1, 0.15) is 25.3 Å². The number of nitriles is 1. The maximum Gasteiger partial charge on any atom is 0.155 e. The van der Waals surface area contributed by atoms with E-state index in [0.717, 1.165) is 5.56 Å². The molecule has 22 heavy (non-hydrogen) atoms. The Morgan fingerprint density at radius 3 is 2.36 bits per heavy atom. The summed E-state index contributed by atoms with van der Waals surface area (Å²) in [6.45, 7) is 4.04. The molecule has 1 aromatic rings. The van der Waals surface area contributed by atoms with E-state index in [4.69, 9.17) is 9.47 Å². The van der Waals surface area contributed by atoms with Crippen LogP contribution in [0.5, 0.6) is 5.75 Å². The molecule has 1 aromatic carbocycles. The summed E-state index contributed by atoms with van der Waals surface area (Å²) in [5.41, 5.74) is -0.150. The van der Waals surface area contributed by atoms with Crippen LogP contribution in [0.2, 0.25) is 0 Å². The minimum absolute atomic E-state index is 0.0277. The second-order valence-electron chi connectivity index (χ2n) is 5.41.